The molecule has 0 amide bonds. The van der Waals surface area contributed by atoms with Gasteiger partial charge < -0.3 is 24.5 Å². The molecule has 5 rings (SSSR count). The van der Waals surface area contributed by atoms with Crippen LogP contribution in [0, 0.1) is 0 Å². The second-order valence-corrected chi connectivity index (χ2v) is 7.73. The van der Waals surface area contributed by atoms with Crippen LogP contribution >= 0.6 is 0 Å². The fourth-order valence-electron chi connectivity index (χ4n) is 4.59. The van der Waals surface area contributed by atoms with E-state index in [9.17, 15) is 0 Å². The fourth-order valence-corrected chi connectivity index (χ4v) is 4.59. The van der Waals surface area contributed by atoms with Gasteiger partial charge in [-0.15, -0.1) is 0 Å². The van der Waals surface area contributed by atoms with Crippen LogP contribution in [0.5, 0.6) is 17.2 Å². The third kappa shape index (κ3) is 3.31. The largest absolute Gasteiger partial charge is 0.497 e. The lowest BCUT2D eigenvalue weighted by Crippen LogP contribution is -2.30. The summed E-state index contributed by atoms with van der Waals surface area (Å²) in [6.07, 6.45) is 0.959. The molecule has 4 aromatic rings. The van der Waals surface area contributed by atoms with Crippen molar-refractivity contribution in [1.29, 1.82) is 0 Å². The first-order valence-electron chi connectivity index (χ1n) is 10.5. The number of methoxy groups -OCH3 is 3. The summed E-state index contributed by atoms with van der Waals surface area (Å²) in [5.41, 5.74) is 6.78. The molecule has 2 heterocycles. The highest BCUT2D eigenvalue weighted by molar-refractivity contribution is 5.87. The maximum absolute atomic E-state index is 5.86. The first kappa shape index (κ1) is 19.5. The molecule has 1 unspecified atom stereocenters. The number of H-pyrrole nitrogens is 1. The van der Waals surface area contributed by atoms with E-state index in [1.807, 2.05) is 24.3 Å². The Balaban J connectivity index is 1.66. The molecule has 0 saturated heterocycles. The molecule has 1 aromatic heterocycles. The third-order valence-corrected chi connectivity index (χ3v) is 6.11. The Morgan fingerprint density at radius 1 is 0.839 bits per heavy atom. The van der Waals surface area contributed by atoms with Gasteiger partial charge in [-0.1, -0.05) is 30.3 Å². The molecule has 0 radical (unpaired) electrons. The molecule has 3 aromatic carbocycles. The van der Waals surface area contributed by atoms with Gasteiger partial charge in [0.05, 0.1) is 27.4 Å². The number of ether oxygens (including phenoxy) is 3. The SMILES string of the molecule is COc1ccc2[nH]c3c(c2c1)CCNC3c1cc(OC)c(-c2ccccc2)cc1OC. The zero-order valence-corrected chi connectivity index (χ0v) is 18.0. The van der Waals surface area contributed by atoms with Crippen molar-refractivity contribution in [3.8, 4) is 28.4 Å². The highest BCUT2D eigenvalue weighted by Crippen LogP contribution is 2.42. The zero-order valence-electron chi connectivity index (χ0n) is 18.0. The van der Waals surface area contributed by atoms with Crippen LogP contribution in [0.15, 0.2) is 60.7 Å². The Morgan fingerprint density at radius 2 is 1.65 bits per heavy atom. The van der Waals surface area contributed by atoms with Crippen molar-refractivity contribution >= 4 is 10.9 Å². The smallest absolute Gasteiger partial charge is 0.127 e. The molecule has 0 spiro atoms. The Bertz CT molecular complexity index is 1230. The summed E-state index contributed by atoms with van der Waals surface area (Å²) in [4.78, 5) is 3.64. The second-order valence-electron chi connectivity index (χ2n) is 7.73. The highest BCUT2D eigenvalue weighted by Gasteiger charge is 2.29. The van der Waals surface area contributed by atoms with E-state index in [4.69, 9.17) is 14.2 Å². The van der Waals surface area contributed by atoms with Gasteiger partial charge in [0.25, 0.3) is 0 Å². The van der Waals surface area contributed by atoms with Crippen molar-refractivity contribution in [1.82, 2.24) is 10.3 Å². The van der Waals surface area contributed by atoms with E-state index in [1.165, 1.54) is 16.6 Å². The average Bonchev–Trinajstić information content (AvgIpc) is 3.21. The summed E-state index contributed by atoms with van der Waals surface area (Å²) in [5.74, 6) is 2.53. The number of hydrogen-bond donors (Lipinski definition) is 2. The molecule has 1 atom stereocenters. The molecule has 2 N–H and O–H groups in total. The first-order valence-corrected chi connectivity index (χ1v) is 10.5. The average molecular weight is 415 g/mol. The van der Waals surface area contributed by atoms with Crippen molar-refractivity contribution in [3.05, 3.63) is 77.5 Å². The fraction of sp³-hybridized carbons (Fsp3) is 0.231. The van der Waals surface area contributed by atoms with Gasteiger partial charge in [-0.2, -0.15) is 0 Å². The van der Waals surface area contributed by atoms with Crippen LogP contribution in [-0.2, 0) is 6.42 Å². The number of aromatic nitrogens is 1. The van der Waals surface area contributed by atoms with Crippen molar-refractivity contribution in [2.75, 3.05) is 27.9 Å². The molecule has 0 aliphatic carbocycles. The van der Waals surface area contributed by atoms with E-state index in [2.05, 4.69) is 46.7 Å². The van der Waals surface area contributed by atoms with Gasteiger partial charge in [0, 0.05) is 34.3 Å². The van der Waals surface area contributed by atoms with Gasteiger partial charge in [-0.25, -0.2) is 0 Å². The summed E-state index contributed by atoms with van der Waals surface area (Å²) >= 11 is 0. The molecule has 158 valence electrons. The van der Waals surface area contributed by atoms with E-state index in [1.54, 1.807) is 21.3 Å². The second kappa shape index (κ2) is 8.00. The summed E-state index contributed by atoms with van der Waals surface area (Å²) in [6.45, 7) is 0.883. The Hall–Kier alpha value is -3.44. The van der Waals surface area contributed by atoms with Crippen LogP contribution in [-0.4, -0.2) is 32.9 Å². The lowest BCUT2D eigenvalue weighted by atomic mass is 9.91. The van der Waals surface area contributed by atoms with Crippen molar-refractivity contribution in [2.24, 2.45) is 0 Å². The minimum atomic E-state index is -0.0178. The number of rotatable bonds is 5. The standard InChI is InChI=1S/C26H26N2O3/c1-29-17-9-10-22-20(13-17)18-11-12-27-25(26(18)28-22)21-15-23(30-2)19(14-24(21)31-3)16-7-5-4-6-8-16/h4-10,13-15,25,27-28H,11-12H2,1-3H3. The predicted octanol–water partition coefficient (Wildman–Crippen LogP) is 5.10. The molecule has 0 fully saturated rings. The van der Waals surface area contributed by atoms with Crippen LogP contribution in [0.25, 0.3) is 22.0 Å². The normalized spacial score (nSPS) is 15.5. The van der Waals surface area contributed by atoms with Gasteiger partial charge in [0.1, 0.15) is 17.2 Å². The monoisotopic (exact) mass is 414 g/mol. The van der Waals surface area contributed by atoms with E-state index in [-0.39, 0.29) is 6.04 Å². The van der Waals surface area contributed by atoms with Gasteiger partial charge >= 0.3 is 0 Å². The summed E-state index contributed by atoms with van der Waals surface area (Å²) in [7, 11) is 5.14. The van der Waals surface area contributed by atoms with Gasteiger partial charge in [-0.05, 0) is 47.9 Å². The van der Waals surface area contributed by atoms with E-state index in [0.29, 0.717) is 0 Å². The lowest BCUT2D eigenvalue weighted by Gasteiger charge is -2.27. The van der Waals surface area contributed by atoms with Crippen molar-refractivity contribution in [2.45, 2.75) is 12.5 Å². The topological polar surface area (TPSA) is 55.5 Å². The Kier molecular flexibility index (Phi) is 5.04. The number of hydrogen-bond acceptors (Lipinski definition) is 4. The summed E-state index contributed by atoms with van der Waals surface area (Å²) in [5, 5.41) is 4.88. The van der Waals surface area contributed by atoms with Crippen molar-refractivity contribution in [3.63, 3.8) is 0 Å². The number of nitrogens with one attached hydrogen (secondary N) is 2. The maximum Gasteiger partial charge on any atom is 0.127 e. The van der Waals surface area contributed by atoms with E-state index < -0.39 is 0 Å². The molecule has 31 heavy (non-hydrogen) atoms. The number of benzene rings is 3. The summed E-state index contributed by atoms with van der Waals surface area (Å²) in [6, 6.07) is 20.6. The number of aromatic amines is 1. The molecular weight excluding hydrogens is 388 g/mol. The molecule has 1 aliphatic heterocycles. The van der Waals surface area contributed by atoms with E-state index in [0.717, 1.165) is 52.4 Å². The number of fused-ring (bicyclic) bond motifs is 3. The van der Waals surface area contributed by atoms with Crippen LogP contribution in [0.3, 0.4) is 0 Å². The van der Waals surface area contributed by atoms with Crippen LogP contribution in [0.1, 0.15) is 22.9 Å². The molecule has 1 aliphatic rings. The Labute approximate surface area is 182 Å². The zero-order chi connectivity index (χ0) is 21.4. The highest BCUT2D eigenvalue weighted by atomic mass is 16.5. The minimum Gasteiger partial charge on any atom is -0.497 e. The molecule has 5 nitrogen and oxygen atoms in total. The van der Waals surface area contributed by atoms with Gasteiger partial charge in [-0.3, -0.25) is 0 Å². The Morgan fingerprint density at radius 3 is 2.39 bits per heavy atom. The molecule has 0 saturated carbocycles. The van der Waals surface area contributed by atoms with E-state index >= 15 is 0 Å². The van der Waals surface area contributed by atoms with Crippen LogP contribution < -0.4 is 19.5 Å². The van der Waals surface area contributed by atoms with Crippen molar-refractivity contribution < 1.29 is 14.2 Å². The van der Waals surface area contributed by atoms with Crippen LogP contribution in [0.2, 0.25) is 0 Å². The summed E-state index contributed by atoms with van der Waals surface area (Å²) < 4.78 is 17.1. The molecule has 0 bridgehead atoms. The minimum absolute atomic E-state index is 0.0178. The predicted molar refractivity (Wildman–Crippen MR) is 123 cm³/mol. The van der Waals surface area contributed by atoms with Crippen LogP contribution in [0.4, 0.5) is 0 Å². The molecule has 5 heteroatoms. The lowest BCUT2D eigenvalue weighted by molar-refractivity contribution is 0.393. The maximum atomic E-state index is 5.86. The third-order valence-electron chi connectivity index (χ3n) is 6.11. The first-order chi connectivity index (χ1) is 15.2. The molecular formula is C26H26N2O3. The van der Waals surface area contributed by atoms with Gasteiger partial charge in [0.2, 0.25) is 0 Å². The van der Waals surface area contributed by atoms with Gasteiger partial charge in [0.15, 0.2) is 0 Å². The quantitative estimate of drug-likeness (QED) is 0.477.